The van der Waals surface area contributed by atoms with E-state index in [1.54, 1.807) is 25.1 Å². The fraction of sp³-hybridized carbons (Fsp3) is 0.385. The van der Waals surface area contributed by atoms with Crippen LogP contribution in [0.1, 0.15) is 29.8 Å². The summed E-state index contributed by atoms with van der Waals surface area (Å²) >= 11 is 0. The average Bonchev–Trinajstić information content (AvgIpc) is 2.36. The van der Waals surface area contributed by atoms with E-state index in [0.29, 0.717) is 12.2 Å². The lowest BCUT2D eigenvalue weighted by Crippen LogP contribution is -2.17. The van der Waals surface area contributed by atoms with Gasteiger partial charge < -0.3 is 14.6 Å². The number of hydrogen-bond donors (Lipinski definition) is 1. The second-order valence-electron chi connectivity index (χ2n) is 3.63. The van der Waals surface area contributed by atoms with Crippen LogP contribution in [-0.2, 0) is 20.9 Å². The summed E-state index contributed by atoms with van der Waals surface area (Å²) in [6.45, 7) is 4.25. The van der Waals surface area contributed by atoms with E-state index in [4.69, 9.17) is 14.6 Å². The predicted octanol–water partition coefficient (Wildman–Crippen LogP) is 1.85. The molecule has 98 valence electrons. The van der Waals surface area contributed by atoms with Gasteiger partial charge in [0, 0.05) is 12.2 Å². The summed E-state index contributed by atoms with van der Waals surface area (Å²) in [7, 11) is 0. The minimum absolute atomic E-state index is 0.135. The zero-order chi connectivity index (χ0) is 13.5. The molecule has 1 atom stereocenters. The first-order chi connectivity index (χ1) is 8.56. The summed E-state index contributed by atoms with van der Waals surface area (Å²) in [5.41, 5.74) is 0.685. The second kappa shape index (κ2) is 6.88. The van der Waals surface area contributed by atoms with Crippen molar-refractivity contribution < 1.29 is 24.2 Å². The second-order valence-corrected chi connectivity index (χ2v) is 3.63. The Balaban J connectivity index is 2.77. The molecule has 0 heterocycles. The lowest BCUT2D eigenvalue weighted by molar-refractivity contribution is -0.134. The molecular formula is C13H16O5. The Morgan fingerprint density at radius 1 is 1.28 bits per heavy atom. The molecule has 0 saturated heterocycles. The maximum atomic E-state index is 11.4. The van der Waals surface area contributed by atoms with Gasteiger partial charge in [0.25, 0.3) is 5.78 Å². The monoisotopic (exact) mass is 252 g/mol. The summed E-state index contributed by atoms with van der Waals surface area (Å²) in [6, 6.07) is 6.48. The van der Waals surface area contributed by atoms with Crippen molar-refractivity contribution in [2.24, 2.45) is 0 Å². The quantitative estimate of drug-likeness (QED) is 0.455. The van der Waals surface area contributed by atoms with Crippen molar-refractivity contribution in [2.45, 2.75) is 26.7 Å². The summed E-state index contributed by atoms with van der Waals surface area (Å²) in [4.78, 5) is 22.1. The number of hydrogen-bond acceptors (Lipinski definition) is 4. The number of rotatable bonds is 7. The maximum Gasteiger partial charge on any atom is 0.377 e. The molecule has 0 amide bonds. The van der Waals surface area contributed by atoms with Crippen LogP contribution in [0.2, 0.25) is 0 Å². The van der Waals surface area contributed by atoms with E-state index >= 15 is 0 Å². The molecule has 0 aliphatic carbocycles. The van der Waals surface area contributed by atoms with Crippen LogP contribution in [0.15, 0.2) is 24.3 Å². The van der Waals surface area contributed by atoms with Gasteiger partial charge in [0.05, 0.1) is 6.61 Å². The van der Waals surface area contributed by atoms with E-state index in [-0.39, 0.29) is 12.2 Å². The first-order valence-electron chi connectivity index (χ1n) is 5.65. The highest BCUT2D eigenvalue weighted by molar-refractivity contribution is 6.40. The van der Waals surface area contributed by atoms with Crippen LogP contribution in [0.5, 0.6) is 0 Å². The van der Waals surface area contributed by atoms with Crippen molar-refractivity contribution in [1.82, 2.24) is 0 Å². The van der Waals surface area contributed by atoms with Crippen LogP contribution < -0.4 is 0 Å². The molecule has 18 heavy (non-hydrogen) atoms. The fourth-order valence-corrected chi connectivity index (χ4v) is 1.47. The Morgan fingerprint density at radius 2 is 1.94 bits per heavy atom. The Bertz CT molecular complexity index is 427. The number of ether oxygens (including phenoxy) is 2. The van der Waals surface area contributed by atoms with Crippen molar-refractivity contribution in [3.63, 3.8) is 0 Å². The van der Waals surface area contributed by atoms with Crippen molar-refractivity contribution in [1.29, 1.82) is 0 Å². The molecular weight excluding hydrogens is 236 g/mol. The van der Waals surface area contributed by atoms with Gasteiger partial charge in [-0.1, -0.05) is 24.3 Å². The Labute approximate surface area is 105 Å². The highest BCUT2D eigenvalue weighted by Gasteiger charge is 2.18. The molecule has 0 bridgehead atoms. The third kappa shape index (κ3) is 3.94. The molecule has 1 aromatic rings. The normalized spacial score (nSPS) is 12.1. The molecule has 5 nitrogen and oxygen atoms in total. The molecule has 0 radical (unpaired) electrons. The van der Waals surface area contributed by atoms with Gasteiger partial charge in [0.2, 0.25) is 0 Å². The number of Topliss-reactive ketones (excluding diaryl/α,β-unsaturated/α-hetero) is 1. The van der Waals surface area contributed by atoms with Crippen LogP contribution in [-0.4, -0.2) is 29.8 Å². The predicted molar refractivity (Wildman–Crippen MR) is 64.3 cm³/mol. The van der Waals surface area contributed by atoms with Crippen molar-refractivity contribution >= 4 is 11.8 Å². The van der Waals surface area contributed by atoms with Gasteiger partial charge in [-0.25, -0.2) is 4.79 Å². The van der Waals surface area contributed by atoms with Gasteiger partial charge in [-0.15, -0.1) is 0 Å². The highest BCUT2D eigenvalue weighted by Crippen LogP contribution is 2.12. The zero-order valence-corrected chi connectivity index (χ0v) is 10.4. The first-order valence-corrected chi connectivity index (χ1v) is 5.65. The van der Waals surface area contributed by atoms with Crippen LogP contribution in [0.4, 0.5) is 0 Å². The van der Waals surface area contributed by atoms with Crippen molar-refractivity contribution in [2.75, 3.05) is 6.61 Å². The van der Waals surface area contributed by atoms with Gasteiger partial charge in [0.15, 0.2) is 6.29 Å². The molecule has 5 heteroatoms. The highest BCUT2D eigenvalue weighted by atomic mass is 16.7. The maximum absolute atomic E-state index is 11.4. The molecule has 1 N–H and O–H groups in total. The van der Waals surface area contributed by atoms with Crippen molar-refractivity contribution in [3.05, 3.63) is 35.4 Å². The minimum Gasteiger partial charge on any atom is -0.475 e. The number of carbonyl (C=O) groups is 2. The molecule has 0 aromatic heterocycles. The Morgan fingerprint density at radius 3 is 2.56 bits per heavy atom. The summed E-state index contributed by atoms with van der Waals surface area (Å²) < 4.78 is 10.6. The first kappa shape index (κ1) is 14.3. The fourth-order valence-electron chi connectivity index (χ4n) is 1.47. The van der Waals surface area contributed by atoms with E-state index in [2.05, 4.69) is 0 Å². The van der Waals surface area contributed by atoms with E-state index in [0.717, 1.165) is 0 Å². The number of carbonyl (C=O) groups excluding carboxylic acids is 1. The topological polar surface area (TPSA) is 72.8 Å². The average molecular weight is 252 g/mol. The van der Waals surface area contributed by atoms with Gasteiger partial charge in [-0.2, -0.15) is 0 Å². The molecule has 0 aliphatic rings. The molecule has 1 unspecified atom stereocenters. The van der Waals surface area contributed by atoms with E-state index in [9.17, 15) is 9.59 Å². The van der Waals surface area contributed by atoms with Gasteiger partial charge >= 0.3 is 5.97 Å². The minimum atomic E-state index is -1.47. The van der Waals surface area contributed by atoms with Crippen LogP contribution in [0.25, 0.3) is 0 Å². The molecule has 0 saturated carbocycles. The lowest BCUT2D eigenvalue weighted by atomic mass is 10.0. The number of carboxylic acids is 1. The van der Waals surface area contributed by atoms with E-state index in [1.165, 1.54) is 6.07 Å². The molecule has 1 rings (SSSR count). The standard InChI is InChI=1S/C13H16O5/c1-3-17-9(2)18-8-10-6-4-5-7-11(10)12(14)13(15)16/h4-7,9H,3,8H2,1-2H3,(H,15,16). The lowest BCUT2D eigenvalue weighted by Gasteiger charge is -2.14. The molecule has 0 spiro atoms. The summed E-state index contributed by atoms with van der Waals surface area (Å²) in [6.07, 6.45) is -0.400. The number of benzene rings is 1. The van der Waals surface area contributed by atoms with Gasteiger partial charge in [-0.3, -0.25) is 4.79 Å². The zero-order valence-electron chi connectivity index (χ0n) is 10.4. The van der Waals surface area contributed by atoms with Gasteiger partial charge in [-0.05, 0) is 19.4 Å². The SMILES string of the molecule is CCOC(C)OCc1ccccc1C(=O)C(=O)O. The molecule has 0 fully saturated rings. The third-order valence-electron chi connectivity index (χ3n) is 2.33. The van der Waals surface area contributed by atoms with Crippen LogP contribution in [0.3, 0.4) is 0 Å². The van der Waals surface area contributed by atoms with E-state index in [1.807, 2.05) is 6.92 Å². The van der Waals surface area contributed by atoms with Crippen molar-refractivity contribution in [3.8, 4) is 0 Å². The summed E-state index contributed by atoms with van der Waals surface area (Å²) in [5.74, 6) is -2.40. The molecule has 1 aromatic carbocycles. The molecule has 0 aliphatic heterocycles. The Kier molecular flexibility index (Phi) is 5.48. The number of ketones is 1. The third-order valence-corrected chi connectivity index (χ3v) is 2.33. The number of carboxylic acid groups (broad SMARTS) is 1. The Hall–Kier alpha value is -1.72. The van der Waals surface area contributed by atoms with Crippen LogP contribution in [0, 0.1) is 0 Å². The largest absolute Gasteiger partial charge is 0.475 e. The summed E-state index contributed by atoms with van der Waals surface area (Å²) in [5, 5.41) is 8.71. The van der Waals surface area contributed by atoms with E-state index < -0.39 is 18.0 Å². The van der Waals surface area contributed by atoms with Gasteiger partial charge in [0.1, 0.15) is 0 Å². The number of aliphatic carboxylic acids is 1. The van der Waals surface area contributed by atoms with Crippen LogP contribution >= 0.6 is 0 Å². The smallest absolute Gasteiger partial charge is 0.377 e.